The molecule has 0 spiro atoms. The van der Waals surface area contributed by atoms with Gasteiger partial charge in [-0.05, 0) is 92.8 Å². The van der Waals surface area contributed by atoms with Gasteiger partial charge in [0.1, 0.15) is 0 Å². The maximum absolute atomic E-state index is 12.9. The molecule has 0 aromatic carbocycles. The number of carboxylic acids is 1. The van der Waals surface area contributed by atoms with Crippen LogP contribution in [0.3, 0.4) is 0 Å². The van der Waals surface area contributed by atoms with Gasteiger partial charge in [-0.15, -0.1) is 0 Å². The van der Waals surface area contributed by atoms with Crippen LogP contribution in [0.1, 0.15) is 92.4 Å². The SMILES string of the molecule is CC(CC(CC1C2CCC(C2)C1C)C(=O)OCOC1CCC(C(C)(C)C)CC1)C(=O)O. The molecule has 0 aromatic heterocycles. The zero-order chi connectivity index (χ0) is 22.8. The van der Waals surface area contributed by atoms with Gasteiger partial charge in [0.15, 0.2) is 6.79 Å². The molecule has 3 aliphatic carbocycles. The highest BCUT2D eigenvalue weighted by atomic mass is 16.7. The number of ether oxygens (including phenoxy) is 2. The second-order valence-corrected chi connectivity index (χ2v) is 11.9. The first-order valence-corrected chi connectivity index (χ1v) is 12.6. The van der Waals surface area contributed by atoms with Gasteiger partial charge in [0.2, 0.25) is 0 Å². The summed E-state index contributed by atoms with van der Waals surface area (Å²) in [7, 11) is 0. The van der Waals surface area contributed by atoms with Gasteiger partial charge in [-0.2, -0.15) is 0 Å². The third kappa shape index (κ3) is 6.24. The van der Waals surface area contributed by atoms with Crippen LogP contribution < -0.4 is 0 Å². The molecule has 2 bridgehead atoms. The minimum Gasteiger partial charge on any atom is -0.481 e. The molecular formula is C26H44O5. The topological polar surface area (TPSA) is 72.8 Å². The minimum atomic E-state index is -0.842. The van der Waals surface area contributed by atoms with E-state index in [1.165, 1.54) is 19.3 Å². The summed E-state index contributed by atoms with van der Waals surface area (Å²) >= 11 is 0. The molecule has 6 unspecified atom stereocenters. The Morgan fingerprint density at radius 2 is 1.68 bits per heavy atom. The highest BCUT2D eigenvalue weighted by Gasteiger charge is 2.46. The van der Waals surface area contributed by atoms with Crippen molar-refractivity contribution in [3.05, 3.63) is 0 Å². The number of hydrogen-bond donors (Lipinski definition) is 1. The van der Waals surface area contributed by atoms with E-state index in [2.05, 4.69) is 27.7 Å². The van der Waals surface area contributed by atoms with Crippen molar-refractivity contribution >= 4 is 11.9 Å². The largest absolute Gasteiger partial charge is 0.481 e. The van der Waals surface area contributed by atoms with Gasteiger partial charge in [-0.1, -0.05) is 34.6 Å². The third-order valence-electron chi connectivity index (χ3n) is 8.89. The van der Waals surface area contributed by atoms with Crippen LogP contribution in [-0.4, -0.2) is 29.9 Å². The van der Waals surface area contributed by atoms with Crippen LogP contribution in [0, 0.1) is 46.8 Å². The van der Waals surface area contributed by atoms with Crippen molar-refractivity contribution in [2.75, 3.05) is 6.79 Å². The summed E-state index contributed by atoms with van der Waals surface area (Å²) < 4.78 is 11.5. The van der Waals surface area contributed by atoms with E-state index in [4.69, 9.17) is 9.47 Å². The van der Waals surface area contributed by atoms with E-state index in [1.54, 1.807) is 6.92 Å². The molecule has 31 heavy (non-hydrogen) atoms. The van der Waals surface area contributed by atoms with Crippen LogP contribution in [0.15, 0.2) is 0 Å². The van der Waals surface area contributed by atoms with Gasteiger partial charge in [-0.25, -0.2) is 0 Å². The predicted octanol–water partition coefficient (Wildman–Crippen LogP) is 5.91. The van der Waals surface area contributed by atoms with Crippen molar-refractivity contribution in [3.63, 3.8) is 0 Å². The van der Waals surface area contributed by atoms with Gasteiger partial charge in [0, 0.05) is 0 Å². The molecule has 6 atom stereocenters. The van der Waals surface area contributed by atoms with E-state index in [0.29, 0.717) is 29.6 Å². The Bertz CT molecular complexity index is 614. The van der Waals surface area contributed by atoms with Crippen molar-refractivity contribution in [1.29, 1.82) is 0 Å². The summed E-state index contributed by atoms with van der Waals surface area (Å²) in [5, 5.41) is 9.38. The fourth-order valence-electron chi connectivity index (χ4n) is 6.65. The molecule has 0 radical (unpaired) electrons. The van der Waals surface area contributed by atoms with Crippen LogP contribution in [0.5, 0.6) is 0 Å². The molecule has 0 aromatic rings. The van der Waals surface area contributed by atoms with Crippen molar-refractivity contribution in [2.24, 2.45) is 46.8 Å². The van der Waals surface area contributed by atoms with Gasteiger partial charge < -0.3 is 14.6 Å². The molecule has 3 rings (SSSR count). The molecule has 5 heteroatoms. The summed E-state index contributed by atoms with van der Waals surface area (Å²) in [6.45, 7) is 10.9. The molecule has 178 valence electrons. The van der Waals surface area contributed by atoms with Crippen LogP contribution in [0.4, 0.5) is 0 Å². The van der Waals surface area contributed by atoms with Crippen molar-refractivity contribution in [3.8, 4) is 0 Å². The number of esters is 1. The zero-order valence-electron chi connectivity index (χ0n) is 20.3. The number of carbonyl (C=O) groups excluding carboxylic acids is 1. The summed E-state index contributed by atoms with van der Waals surface area (Å²) in [5.41, 5.74) is 0.336. The summed E-state index contributed by atoms with van der Waals surface area (Å²) in [6, 6.07) is 0. The van der Waals surface area contributed by atoms with Crippen LogP contribution in [-0.2, 0) is 19.1 Å². The second kappa shape index (κ2) is 10.2. The Labute approximate surface area is 188 Å². The van der Waals surface area contributed by atoms with Gasteiger partial charge in [0.25, 0.3) is 0 Å². The van der Waals surface area contributed by atoms with Gasteiger partial charge in [-0.3, -0.25) is 9.59 Å². The van der Waals surface area contributed by atoms with E-state index in [0.717, 1.165) is 43.9 Å². The number of aliphatic carboxylic acids is 1. The van der Waals surface area contributed by atoms with E-state index in [-0.39, 0.29) is 24.8 Å². The zero-order valence-corrected chi connectivity index (χ0v) is 20.3. The number of fused-ring (bicyclic) bond motifs is 2. The number of hydrogen-bond acceptors (Lipinski definition) is 4. The Morgan fingerprint density at radius 1 is 1.03 bits per heavy atom. The van der Waals surface area contributed by atoms with Crippen LogP contribution >= 0.6 is 0 Å². The average Bonchev–Trinajstić information content (AvgIpc) is 3.29. The smallest absolute Gasteiger partial charge is 0.311 e. The second-order valence-electron chi connectivity index (χ2n) is 11.9. The van der Waals surface area contributed by atoms with Crippen LogP contribution in [0.25, 0.3) is 0 Å². The molecule has 0 heterocycles. The first-order chi connectivity index (χ1) is 14.6. The molecule has 3 saturated carbocycles. The lowest BCUT2D eigenvalue weighted by Crippen LogP contribution is -2.31. The summed E-state index contributed by atoms with van der Waals surface area (Å²) in [6.07, 6.45) is 9.47. The summed E-state index contributed by atoms with van der Waals surface area (Å²) in [4.78, 5) is 24.4. The Morgan fingerprint density at radius 3 is 2.23 bits per heavy atom. The van der Waals surface area contributed by atoms with E-state index >= 15 is 0 Å². The lowest BCUT2D eigenvalue weighted by molar-refractivity contribution is -0.169. The molecular weight excluding hydrogens is 392 g/mol. The van der Waals surface area contributed by atoms with Crippen molar-refractivity contribution < 1.29 is 24.2 Å². The lowest BCUT2D eigenvalue weighted by Gasteiger charge is -2.36. The maximum Gasteiger partial charge on any atom is 0.311 e. The molecule has 0 aliphatic heterocycles. The first-order valence-electron chi connectivity index (χ1n) is 12.6. The molecule has 3 aliphatic rings. The molecule has 3 fully saturated rings. The average molecular weight is 437 g/mol. The fraction of sp³-hybridized carbons (Fsp3) is 0.923. The number of carbonyl (C=O) groups is 2. The quantitative estimate of drug-likeness (QED) is 0.359. The Kier molecular flexibility index (Phi) is 8.10. The minimum absolute atomic E-state index is 0.00604. The summed E-state index contributed by atoms with van der Waals surface area (Å²) in [5.74, 6) is 1.35. The Hall–Kier alpha value is -1.10. The van der Waals surface area contributed by atoms with E-state index in [9.17, 15) is 14.7 Å². The maximum atomic E-state index is 12.9. The van der Waals surface area contributed by atoms with E-state index in [1.807, 2.05) is 0 Å². The third-order valence-corrected chi connectivity index (χ3v) is 8.89. The lowest BCUT2D eigenvalue weighted by atomic mass is 9.72. The number of carboxylic acid groups (broad SMARTS) is 1. The van der Waals surface area contributed by atoms with Gasteiger partial charge >= 0.3 is 11.9 Å². The molecule has 1 N–H and O–H groups in total. The molecule has 0 saturated heterocycles. The van der Waals surface area contributed by atoms with Crippen LogP contribution in [0.2, 0.25) is 0 Å². The fourth-order valence-corrected chi connectivity index (χ4v) is 6.65. The normalized spacial score (nSPS) is 35.0. The predicted molar refractivity (Wildman–Crippen MR) is 120 cm³/mol. The Balaban J connectivity index is 1.48. The molecule has 5 nitrogen and oxygen atoms in total. The molecule has 0 amide bonds. The van der Waals surface area contributed by atoms with Crippen molar-refractivity contribution in [2.45, 2.75) is 98.5 Å². The highest BCUT2D eigenvalue weighted by Crippen LogP contribution is 2.54. The van der Waals surface area contributed by atoms with Gasteiger partial charge in [0.05, 0.1) is 17.9 Å². The monoisotopic (exact) mass is 436 g/mol. The first kappa shape index (κ1) is 24.5. The standard InChI is InChI=1S/C26H44O5/c1-16(24(27)28)12-20(14-23-17(2)18-6-7-19(23)13-18)25(29)31-15-30-22-10-8-21(9-11-22)26(3,4)5/h16-23H,6-15H2,1-5H3,(H,27,28). The highest BCUT2D eigenvalue weighted by molar-refractivity contribution is 5.74. The van der Waals surface area contributed by atoms with E-state index < -0.39 is 11.9 Å². The van der Waals surface area contributed by atoms with Crippen molar-refractivity contribution in [1.82, 2.24) is 0 Å². The number of rotatable bonds is 9.